The van der Waals surface area contributed by atoms with Gasteiger partial charge in [0.1, 0.15) is 6.04 Å². The zero-order valence-corrected chi connectivity index (χ0v) is 23.3. The van der Waals surface area contributed by atoms with E-state index in [2.05, 4.69) is 15.3 Å². The van der Waals surface area contributed by atoms with Crippen LogP contribution in [0.4, 0.5) is 0 Å². The number of aliphatic hydroxyl groups excluding tert-OH is 1. The third-order valence-electron chi connectivity index (χ3n) is 6.09. The zero-order chi connectivity index (χ0) is 29.3. The van der Waals surface area contributed by atoms with Crippen LogP contribution in [0.2, 0.25) is 0 Å². The predicted molar refractivity (Wildman–Crippen MR) is 147 cm³/mol. The van der Waals surface area contributed by atoms with Gasteiger partial charge in [-0.2, -0.15) is 4.31 Å². The second-order valence-corrected chi connectivity index (χ2v) is 11.9. The molecule has 0 aliphatic carbocycles. The molecule has 2 heterocycles. The number of piperazine rings is 1. The molecule has 3 rings (SSSR count). The number of sulfonamides is 1. The van der Waals surface area contributed by atoms with Crippen LogP contribution in [0.3, 0.4) is 0 Å². The maximum atomic E-state index is 13.3. The number of amides is 2. The highest BCUT2D eigenvalue weighted by molar-refractivity contribution is 7.88. The van der Waals surface area contributed by atoms with Crippen molar-refractivity contribution in [2.75, 3.05) is 26.2 Å². The molecular weight excluding hydrogens is 562 g/mol. The Labute approximate surface area is 235 Å². The first-order valence-electron chi connectivity index (χ1n) is 12.4. The van der Waals surface area contributed by atoms with Crippen LogP contribution in [0, 0.1) is 0 Å². The molecule has 1 unspecified atom stereocenters. The fourth-order valence-electron chi connectivity index (χ4n) is 4.27. The lowest BCUT2D eigenvalue weighted by atomic mass is 10.1. The monoisotopic (exact) mass is 595 g/mol. The normalized spacial score (nSPS) is 17.0. The molecule has 1 fully saturated rings. The average Bonchev–Trinajstić information content (AvgIpc) is 3.43. The Balaban J connectivity index is 1.70. The molecule has 0 saturated carbocycles. The van der Waals surface area contributed by atoms with Crippen molar-refractivity contribution in [1.29, 1.82) is 0 Å². The molecule has 2 aromatic rings. The quantitative estimate of drug-likeness (QED) is 0.0565. The number of hydrogen-bond acceptors (Lipinski definition) is 10. The lowest BCUT2D eigenvalue weighted by Crippen LogP contribution is -2.61. The third-order valence-corrected chi connectivity index (χ3v) is 8.73. The summed E-state index contributed by atoms with van der Waals surface area (Å²) in [5.74, 6) is -2.27. The van der Waals surface area contributed by atoms with Crippen LogP contribution in [0.5, 0.6) is 0 Å². The molecule has 218 valence electrons. The average molecular weight is 596 g/mol. The summed E-state index contributed by atoms with van der Waals surface area (Å²) in [7, 11) is -4.01. The van der Waals surface area contributed by atoms with Gasteiger partial charge in [-0.05, 0) is 18.4 Å². The van der Waals surface area contributed by atoms with Crippen molar-refractivity contribution in [3.05, 3.63) is 52.5 Å². The number of aromatic nitrogens is 1. The van der Waals surface area contributed by atoms with E-state index in [9.17, 15) is 33.0 Å². The molecule has 0 spiro atoms. The number of thiazole rings is 1. The molecule has 1 aromatic heterocycles. The Bertz CT molecular complexity index is 1280. The maximum absolute atomic E-state index is 13.3. The molecule has 7 N–H and O–H groups in total. The molecule has 1 aliphatic rings. The van der Waals surface area contributed by atoms with Gasteiger partial charge >= 0.3 is 0 Å². The Morgan fingerprint density at radius 3 is 2.55 bits per heavy atom. The number of aliphatic imine (C=N–C) groups is 1. The van der Waals surface area contributed by atoms with Crippen molar-refractivity contribution in [3.63, 3.8) is 0 Å². The van der Waals surface area contributed by atoms with Crippen molar-refractivity contribution < 1.29 is 33.0 Å². The summed E-state index contributed by atoms with van der Waals surface area (Å²) in [4.78, 5) is 48.2. The number of carbonyl (C=O) groups excluding carboxylic acids is 3. The number of benzene rings is 1. The molecule has 14 nitrogen and oxygen atoms in total. The van der Waals surface area contributed by atoms with Gasteiger partial charge in [-0.15, -0.1) is 11.3 Å². The van der Waals surface area contributed by atoms with Crippen LogP contribution in [0.15, 0.2) is 46.9 Å². The molecule has 0 radical (unpaired) electrons. The smallest absolute Gasteiger partial charge is 0.241 e. The topological polar surface area (TPSA) is 222 Å². The second kappa shape index (κ2) is 14.3. The summed E-state index contributed by atoms with van der Waals surface area (Å²) in [5, 5.41) is 23.6. The van der Waals surface area contributed by atoms with Crippen LogP contribution >= 0.6 is 11.3 Å². The summed E-state index contributed by atoms with van der Waals surface area (Å²) >= 11 is 1.12. The minimum atomic E-state index is -4.01. The fraction of sp³-hybridized carbons (Fsp3) is 0.458. The number of rotatable bonds is 14. The Kier molecular flexibility index (Phi) is 11.1. The minimum Gasteiger partial charge on any atom is -0.370 e. The summed E-state index contributed by atoms with van der Waals surface area (Å²) in [6.07, 6.45) is -0.466. The van der Waals surface area contributed by atoms with E-state index in [4.69, 9.17) is 11.5 Å². The third kappa shape index (κ3) is 8.79. The maximum Gasteiger partial charge on any atom is 0.241 e. The summed E-state index contributed by atoms with van der Waals surface area (Å²) in [5.41, 5.74) is 11.2. The van der Waals surface area contributed by atoms with E-state index in [1.54, 1.807) is 35.7 Å². The number of aliphatic hydroxyl groups is 2. The number of guanidine groups is 1. The number of nitrogens with one attached hydrogen (secondary N) is 1. The zero-order valence-electron chi connectivity index (χ0n) is 21.6. The van der Waals surface area contributed by atoms with Crippen LogP contribution in [-0.2, 0) is 25.4 Å². The highest BCUT2D eigenvalue weighted by Gasteiger charge is 2.42. The van der Waals surface area contributed by atoms with Gasteiger partial charge in [0.25, 0.3) is 0 Å². The standard InChI is InChI=1S/C24H33N7O7S2/c25-24(26)28-8-4-7-17(21(35)22-27-9-12-39-22)29-19(32)14-30-10-11-31(18(23(30)36)13-20(33)34)40(37,38)15-16-5-2-1-3-6-16/h1-3,5-6,9,12,17-18,20,33-34H,4,7-8,10-11,13-15H2,(H,29,32)(H4,25,26,28)/t17-,18?/m0/s1. The summed E-state index contributed by atoms with van der Waals surface area (Å²) < 4.78 is 27.3. The van der Waals surface area contributed by atoms with Gasteiger partial charge in [-0.25, -0.2) is 13.4 Å². The van der Waals surface area contributed by atoms with Crippen molar-refractivity contribution in [3.8, 4) is 0 Å². The second-order valence-electron chi connectivity index (χ2n) is 9.11. The molecule has 0 bridgehead atoms. The van der Waals surface area contributed by atoms with E-state index in [0.717, 1.165) is 20.5 Å². The summed E-state index contributed by atoms with van der Waals surface area (Å²) in [6.45, 7) is -0.471. The minimum absolute atomic E-state index is 0.0992. The van der Waals surface area contributed by atoms with Gasteiger partial charge in [0.05, 0.1) is 18.3 Å². The van der Waals surface area contributed by atoms with Crippen LogP contribution in [-0.4, -0.2) is 101 Å². The highest BCUT2D eigenvalue weighted by Crippen LogP contribution is 2.22. The number of ketones is 1. The van der Waals surface area contributed by atoms with E-state index < -0.39 is 59.0 Å². The molecule has 40 heavy (non-hydrogen) atoms. The molecule has 2 atom stereocenters. The van der Waals surface area contributed by atoms with E-state index in [1.807, 2.05) is 0 Å². The molecular formula is C24H33N7O7S2. The van der Waals surface area contributed by atoms with Crippen LogP contribution < -0.4 is 16.8 Å². The van der Waals surface area contributed by atoms with E-state index in [-0.39, 0.29) is 42.8 Å². The molecule has 1 aromatic carbocycles. The lowest BCUT2D eigenvalue weighted by Gasteiger charge is -2.39. The van der Waals surface area contributed by atoms with Gasteiger partial charge in [0, 0.05) is 37.6 Å². The highest BCUT2D eigenvalue weighted by atomic mass is 32.2. The van der Waals surface area contributed by atoms with Gasteiger partial charge in [0.15, 0.2) is 17.3 Å². The van der Waals surface area contributed by atoms with Crippen LogP contribution in [0.25, 0.3) is 0 Å². The number of Topliss-reactive ketones (excluding diaryl/α,β-unsaturated/α-hetero) is 1. The predicted octanol–water partition coefficient (Wildman–Crippen LogP) is -1.39. The number of nitrogens with zero attached hydrogens (tertiary/aromatic N) is 4. The number of hydrogen-bond donors (Lipinski definition) is 5. The van der Waals surface area contributed by atoms with Gasteiger partial charge in [-0.3, -0.25) is 19.4 Å². The van der Waals surface area contributed by atoms with E-state index in [0.29, 0.717) is 12.0 Å². The first-order chi connectivity index (χ1) is 19.0. The van der Waals surface area contributed by atoms with E-state index >= 15 is 0 Å². The number of nitrogens with two attached hydrogens (primary N) is 2. The SMILES string of the molecule is NC(N)=NCCC[C@H](NC(=O)CN1CCN(S(=O)(=O)Cc2ccccc2)C(CC(O)O)C1=O)C(=O)c1nccs1. The van der Waals surface area contributed by atoms with E-state index in [1.165, 1.54) is 6.20 Å². The Morgan fingerprint density at radius 2 is 1.93 bits per heavy atom. The lowest BCUT2D eigenvalue weighted by molar-refractivity contribution is -0.146. The van der Waals surface area contributed by atoms with Crippen molar-refractivity contribution in [2.24, 2.45) is 16.5 Å². The molecule has 16 heteroatoms. The Morgan fingerprint density at radius 1 is 1.20 bits per heavy atom. The largest absolute Gasteiger partial charge is 0.370 e. The number of carbonyl (C=O) groups is 3. The van der Waals surface area contributed by atoms with Crippen molar-refractivity contribution in [2.45, 2.75) is 43.4 Å². The molecule has 1 saturated heterocycles. The first kappa shape index (κ1) is 31.1. The van der Waals surface area contributed by atoms with Crippen molar-refractivity contribution >= 4 is 44.9 Å². The van der Waals surface area contributed by atoms with Gasteiger partial charge in [0.2, 0.25) is 27.6 Å². The fourth-order valence-corrected chi connectivity index (χ4v) is 6.61. The van der Waals surface area contributed by atoms with Crippen LogP contribution in [0.1, 0.15) is 34.6 Å². The Hall–Kier alpha value is -3.44. The van der Waals surface area contributed by atoms with Gasteiger partial charge < -0.3 is 31.9 Å². The summed E-state index contributed by atoms with van der Waals surface area (Å²) in [6, 6.07) is 6.03. The van der Waals surface area contributed by atoms with Gasteiger partial charge in [-0.1, -0.05) is 30.3 Å². The molecule has 1 aliphatic heterocycles. The molecule has 2 amide bonds. The first-order valence-corrected chi connectivity index (χ1v) is 14.9. The van der Waals surface area contributed by atoms with Crippen molar-refractivity contribution in [1.82, 2.24) is 19.5 Å².